The van der Waals surface area contributed by atoms with Crippen molar-refractivity contribution >= 4 is 17.5 Å². The molecular formula is C12H12ClNO. The fraction of sp³-hybridized carbons (Fsp3) is 0.417. The first kappa shape index (κ1) is 9.22. The average molecular weight is 222 g/mol. The molecule has 0 aromatic heterocycles. The lowest BCUT2D eigenvalue weighted by atomic mass is 9.56. The summed E-state index contributed by atoms with van der Waals surface area (Å²) in [5.41, 5.74) is 1.44. The quantitative estimate of drug-likeness (QED) is 0.774. The van der Waals surface area contributed by atoms with Gasteiger partial charge in [0, 0.05) is 22.9 Å². The second-order valence-electron chi connectivity index (χ2n) is 4.61. The molecule has 78 valence electrons. The highest BCUT2D eigenvalue weighted by Gasteiger charge is 2.52. The van der Waals surface area contributed by atoms with E-state index in [0.717, 1.165) is 24.4 Å². The first-order valence-electron chi connectivity index (χ1n) is 5.23. The molecule has 2 heterocycles. The number of hydrogen-bond acceptors (Lipinski definition) is 1. The Bertz CT molecular complexity index is 418. The van der Waals surface area contributed by atoms with Gasteiger partial charge in [-0.15, -0.1) is 0 Å². The van der Waals surface area contributed by atoms with Gasteiger partial charge in [-0.25, -0.2) is 0 Å². The van der Waals surface area contributed by atoms with Crippen LogP contribution in [0.25, 0.3) is 0 Å². The predicted molar refractivity (Wildman–Crippen MR) is 58.9 cm³/mol. The molecule has 0 radical (unpaired) electrons. The lowest BCUT2D eigenvalue weighted by Gasteiger charge is -2.52. The standard InChI is InChI=1S/C12H12ClNO/c13-10-3-1-2-9(4-10)12-5-8(6-12)11(15)14-7-12/h1-4,8H,5-7H2,(H,14,15). The van der Waals surface area contributed by atoms with Gasteiger partial charge in [-0.1, -0.05) is 23.7 Å². The second kappa shape index (κ2) is 2.99. The van der Waals surface area contributed by atoms with Crippen molar-refractivity contribution in [2.75, 3.05) is 6.54 Å². The van der Waals surface area contributed by atoms with E-state index >= 15 is 0 Å². The number of carbonyl (C=O) groups is 1. The van der Waals surface area contributed by atoms with Gasteiger partial charge in [0.05, 0.1) is 0 Å². The molecule has 2 nitrogen and oxygen atoms in total. The van der Waals surface area contributed by atoms with Crippen LogP contribution in [0.15, 0.2) is 24.3 Å². The third-order valence-electron chi connectivity index (χ3n) is 3.68. The monoisotopic (exact) mass is 221 g/mol. The van der Waals surface area contributed by atoms with Gasteiger partial charge in [0.25, 0.3) is 0 Å². The van der Waals surface area contributed by atoms with Crippen molar-refractivity contribution in [3.05, 3.63) is 34.9 Å². The molecule has 2 aliphatic heterocycles. The molecule has 0 spiro atoms. The Kier molecular flexibility index (Phi) is 1.84. The summed E-state index contributed by atoms with van der Waals surface area (Å²) in [6.45, 7) is 0.767. The Morgan fingerprint density at radius 3 is 2.80 bits per heavy atom. The molecule has 0 atom stereocenters. The molecule has 1 aromatic rings. The lowest BCUT2D eigenvalue weighted by Crippen LogP contribution is -2.60. The summed E-state index contributed by atoms with van der Waals surface area (Å²) in [7, 11) is 0. The molecule has 2 bridgehead atoms. The SMILES string of the molecule is O=C1NCC2(c3cccc(Cl)c3)CC1C2. The smallest absolute Gasteiger partial charge is 0.223 e. The Morgan fingerprint density at radius 2 is 2.20 bits per heavy atom. The minimum atomic E-state index is 0.170. The highest BCUT2D eigenvalue weighted by atomic mass is 35.5. The summed E-state index contributed by atoms with van der Waals surface area (Å²) in [6, 6.07) is 8.00. The van der Waals surface area contributed by atoms with E-state index in [1.807, 2.05) is 18.2 Å². The maximum absolute atomic E-state index is 11.3. The lowest BCUT2D eigenvalue weighted by molar-refractivity contribution is -0.135. The van der Waals surface area contributed by atoms with Crippen LogP contribution in [0.2, 0.25) is 5.02 Å². The highest BCUT2D eigenvalue weighted by molar-refractivity contribution is 6.30. The van der Waals surface area contributed by atoms with Gasteiger partial charge < -0.3 is 5.32 Å². The largest absolute Gasteiger partial charge is 0.355 e. The van der Waals surface area contributed by atoms with Crippen molar-refractivity contribution in [3.8, 4) is 0 Å². The molecule has 1 aromatic carbocycles. The Hall–Kier alpha value is -1.02. The predicted octanol–water partition coefficient (Wildman–Crippen LogP) is 2.12. The topological polar surface area (TPSA) is 29.1 Å². The average Bonchev–Trinajstić information content (AvgIpc) is 2.16. The molecule has 1 saturated carbocycles. The first-order chi connectivity index (χ1) is 7.20. The fourth-order valence-corrected chi connectivity index (χ4v) is 2.96. The number of amides is 1. The number of carbonyl (C=O) groups excluding carboxylic acids is 1. The highest BCUT2D eigenvalue weighted by Crippen LogP contribution is 2.50. The summed E-state index contributed by atoms with van der Waals surface area (Å²) in [5.74, 6) is 0.455. The number of benzene rings is 1. The first-order valence-corrected chi connectivity index (χ1v) is 5.61. The molecule has 1 N–H and O–H groups in total. The number of hydrogen-bond donors (Lipinski definition) is 1. The van der Waals surface area contributed by atoms with Crippen LogP contribution in [0.1, 0.15) is 18.4 Å². The van der Waals surface area contributed by atoms with Crippen LogP contribution in [0, 0.1) is 5.92 Å². The molecule has 4 rings (SSSR count). The fourth-order valence-electron chi connectivity index (χ4n) is 2.77. The molecule has 1 aliphatic carbocycles. The van der Waals surface area contributed by atoms with E-state index in [1.54, 1.807) is 0 Å². The van der Waals surface area contributed by atoms with Gasteiger partial charge in [0.1, 0.15) is 0 Å². The molecule has 0 unspecified atom stereocenters. The van der Waals surface area contributed by atoms with Crippen LogP contribution < -0.4 is 5.32 Å². The molecule has 15 heavy (non-hydrogen) atoms. The summed E-state index contributed by atoms with van der Waals surface area (Å²) in [5, 5.41) is 3.74. The number of fused-ring (bicyclic) bond motifs is 2. The zero-order chi connectivity index (χ0) is 10.5. The van der Waals surface area contributed by atoms with Crippen molar-refractivity contribution in [1.82, 2.24) is 5.32 Å². The normalized spacial score (nSPS) is 33.1. The van der Waals surface area contributed by atoms with Gasteiger partial charge in [-0.3, -0.25) is 4.79 Å². The van der Waals surface area contributed by atoms with Crippen LogP contribution in [-0.4, -0.2) is 12.5 Å². The van der Waals surface area contributed by atoms with Gasteiger partial charge in [0.2, 0.25) is 5.91 Å². The van der Waals surface area contributed by atoms with E-state index in [4.69, 9.17) is 11.6 Å². The number of halogens is 1. The third kappa shape index (κ3) is 1.28. The number of piperidine rings is 2. The van der Waals surface area contributed by atoms with Crippen molar-refractivity contribution < 1.29 is 4.79 Å². The van der Waals surface area contributed by atoms with Gasteiger partial charge in [-0.05, 0) is 30.5 Å². The Labute approximate surface area is 93.6 Å². The van der Waals surface area contributed by atoms with Crippen molar-refractivity contribution in [3.63, 3.8) is 0 Å². The minimum absolute atomic E-state index is 0.170. The molecular weight excluding hydrogens is 210 g/mol. The molecule has 2 saturated heterocycles. The summed E-state index contributed by atoms with van der Waals surface area (Å²) < 4.78 is 0. The Morgan fingerprint density at radius 1 is 1.40 bits per heavy atom. The van der Waals surface area contributed by atoms with Crippen molar-refractivity contribution in [1.29, 1.82) is 0 Å². The molecule has 3 heteroatoms. The van der Waals surface area contributed by atoms with Crippen LogP contribution >= 0.6 is 11.6 Å². The Balaban J connectivity index is 1.93. The second-order valence-corrected chi connectivity index (χ2v) is 5.05. The summed E-state index contributed by atoms with van der Waals surface area (Å²) in [6.07, 6.45) is 1.97. The number of rotatable bonds is 1. The summed E-state index contributed by atoms with van der Waals surface area (Å²) in [4.78, 5) is 11.3. The van der Waals surface area contributed by atoms with E-state index in [9.17, 15) is 4.79 Å². The van der Waals surface area contributed by atoms with Crippen molar-refractivity contribution in [2.45, 2.75) is 18.3 Å². The van der Waals surface area contributed by atoms with Crippen LogP contribution in [0.4, 0.5) is 0 Å². The van der Waals surface area contributed by atoms with Crippen LogP contribution in [0.3, 0.4) is 0 Å². The maximum atomic E-state index is 11.3. The van der Waals surface area contributed by atoms with E-state index in [2.05, 4.69) is 11.4 Å². The van der Waals surface area contributed by atoms with E-state index in [-0.39, 0.29) is 17.2 Å². The van der Waals surface area contributed by atoms with E-state index in [1.165, 1.54) is 5.56 Å². The molecule has 1 amide bonds. The van der Waals surface area contributed by atoms with Gasteiger partial charge in [-0.2, -0.15) is 0 Å². The molecule has 3 fully saturated rings. The van der Waals surface area contributed by atoms with E-state index in [0.29, 0.717) is 0 Å². The zero-order valence-corrected chi connectivity index (χ0v) is 9.05. The van der Waals surface area contributed by atoms with E-state index < -0.39 is 0 Å². The van der Waals surface area contributed by atoms with Crippen molar-refractivity contribution in [2.24, 2.45) is 5.92 Å². The summed E-state index contributed by atoms with van der Waals surface area (Å²) >= 11 is 5.98. The maximum Gasteiger partial charge on any atom is 0.223 e. The minimum Gasteiger partial charge on any atom is -0.355 e. The zero-order valence-electron chi connectivity index (χ0n) is 8.29. The van der Waals surface area contributed by atoms with Crippen LogP contribution in [-0.2, 0) is 10.2 Å². The molecule has 3 aliphatic rings. The van der Waals surface area contributed by atoms with Gasteiger partial charge in [0.15, 0.2) is 0 Å². The van der Waals surface area contributed by atoms with Gasteiger partial charge >= 0.3 is 0 Å². The van der Waals surface area contributed by atoms with Crippen LogP contribution in [0.5, 0.6) is 0 Å². The number of nitrogens with one attached hydrogen (secondary N) is 1. The third-order valence-corrected chi connectivity index (χ3v) is 3.92.